The van der Waals surface area contributed by atoms with Crippen LogP contribution in [0, 0.1) is 11.3 Å². The number of pyridine rings is 1. The smallest absolute Gasteiger partial charge is 0.0640 e. The highest BCUT2D eigenvalue weighted by molar-refractivity contribution is 5.48. The highest BCUT2D eigenvalue weighted by atomic mass is 15.2. The van der Waals surface area contributed by atoms with Crippen molar-refractivity contribution in [3.63, 3.8) is 0 Å². The number of nitrogen functional groups attached to an aromatic ring is 1. The number of anilines is 2. The maximum Gasteiger partial charge on any atom is 0.0640 e. The highest BCUT2D eigenvalue weighted by Gasteiger charge is 2.08. The Hall–Kier alpha value is -2.58. The number of hydrogen-bond donors (Lipinski definition) is 2. The minimum atomic E-state index is 0.476. The fourth-order valence-corrected chi connectivity index (χ4v) is 1.97. The van der Waals surface area contributed by atoms with E-state index < -0.39 is 0 Å². The third-order valence-electron chi connectivity index (χ3n) is 2.95. The van der Waals surface area contributed by atoms with Gasteiger partial charge in [-0.2, -0.15) is 5.26 Å². The number of benzene rings is 1. The first kappa shape index (κ1) is 13.8. The summed E-state index contributed by atoms with van der Waals surface area (Å²) in [6.45, 7) is 1.31. The van der Waals surface area contributed by atoms with Gasteiger partial charge in [0.1, 0.15) is 0 Å². The number of nitrogens with zero attached hydrogens (tertiary/aromatic N) is 3. The van der Waals surface area contributed by atoms with Crippen molar-refractivity contribution >= 4 is 11.4 Å². The van der Waals surface area contributed by atoms with Crippen LogP contribution < -0.4 is 16.2 Å². The van der Waals surface area contributed by atoms with E-state index in [2.05, 4.69) is 21.4 Å². The van der Waals surface area contributed by atoms with Crippen LogP contribution in [-0.2, 0) is 6.54 Å². The van der Waals surface area contributed by atoms with Crippen LogP contribution in [0.4, 0.5) is 11.4 Å². The Kier molecular flexibility index (Phi) is 4.93. The molecular weight excluding hydrogens is 250 g/mol. The van der Waals surface area contributed by atoms with E-state index >= 15 is 0 Å². The zero-order valence-electron chi connectivity index (χ0n) is 11.2. The van der Waals surface area contributed by atoms with Crippen LogP contribution in [0.15, 0.2) is 48.7 Å². The van der Waals surface area contributed by atoms with Gasteiger partial charge in [0.05, 0.1) is 30.4 Å². The number of hydrazine groups is 1. The molecule has 0 saturated heterocycles. The standard InChI is InChI=1S/C15H17N5/c16-8-4-10-20(15-5-2-1-3-6-15)12-14-11-13(19-17)7-9-18-14/h1-3,5-7,9,11H,4,10,12,17H2,(H,18,19). The van der Waals surface area contributed by atoms with Crippen molar-refractivity contribution in [1.29, 1.82) is 5.26 Å². The molecule has 102 valence electrons. The van der Waals surface area contributed by atoms with Crippen LogP contribution >= 0.6 is 0 Å². The zero-order chi connectivity index (χ0) is 14.2. The third-order valence-corrected chi connectivity index (χ3v) is 2.95. The molecule has 1 aromatic heterocycles. The second-order valence-corrected chi connectivity index (χ2v) is 4.35. The fraction of sp³-hybridized carbons (Fsp3) is 0.200. The molecule has 5 nitrogen and oxygen atoms in total. The van der Waals surface area contributed by atoms with Crippen LogP contribution in [0.3, 0.4) is 0 Å². The van der Waals surface area contributed by atoms with Crippen LogP contribution in [0.1, 0.15) is 12.1 Å². The highest BCUT2D eigenvalue weighted by Crippen LogP contribution is 2.17. The lowest BCUT2D eigenvalue weighted by Crippen LogP contribution is -2.24. The SMILES string of the molecule is N#CCCN(Cc1cc(NN)ccn1)c1ccccc1. The number of aromatic nitrogens is 1. The van der Waals surface area contributed by atoms with E-state index in [-0.39, 0.29) is 0 Å². The second-order valence-electron chi connectivity index (χ2n) is 4.35. The molecule has 0 aliphatic carbocycles. The minimum absolute atomic E-state index is 0.476. The molecule has 0 bridgehead atoms. The van der Waals surface area contributed by atoms with Gasteiger partial charge in [-0.05, 0) is 24.3 Å². The quantitative estimate of drug-likeness (QED) is 0.620. The summed E-state index contributed by atoms with van der Waals surface area (Å²) >= 11 is 0. The van der Waals surface area contributed by atoms with E-state index in [1.165, 1.54) is 0 Å². The summed E-state index contributed by atoms with van der Waals surface area (Å²) in [7, 11) is 0. The zero-order valence-corrected chi connectivity index (χ0v) is 11.2. The monoisotopic (exact) mass is 267 g/mol. The summed E-state index contributed by atoms with van der Waals surface area (Å²) in [6, 6.07) is 15.9. The Morgan fingerprint density at radius 3 is 2.75 bits per heavy atom. The Balaban J connectivity index is 2.17. The predicted octanol–water partition coefficient (Wildman–Crippen LogP) is 2.29. The summed E-state index contributed by atoms with van der Waals surface area (Å²) in [5.41, 5.74) is 5.42. The van der Waals surface area contributed by atoms with Crippen LogP contribution in [-0.4, -0.2) is 11.5 Å². The first-order valence-electron chi connectivity index (χ1n) is 6.42. The van der Waals surface area contributed by atoms with Gasteiger partial charge in [0, 0.05) is 18.4 Å². The second kappa shape index (κ2) is 7.12. The average molecular weight is 267 g/mol. The summed E-state index contributed by atoms with van der Waals surface area (Å²) < 4.78 is 0. The normalized spacial score (nSPS) is 9.80. The minimum Gasteiger partial charge on any atom is -0.365 e. The molecule has 0 aliphatic heterocycles. The molecule has 5 heteroatoms. The van der Waals surface area contributed by atoms with E-state index in [0.717, 1.165) is 17.1 Å². The van der Waals surface area contributed by atoms with E-state index in [0.29, 0.717) is 19.5 Å². The number of hydrogen-bond acceptors (Lipinski definition) is 5. The van der Waals surface area contributed by atoms with E-state index in [1.807, 2.05) is 42.5 Å². The topological polar surface area (TPSA) is 78.0 Å². The van der Waals surface area contributed by atoms with Crippen LogP contribution in [0.25, 0.3) is 0 Å². The molecule has 0 spiro atoms. The lowest BCUT2D eigenvalue weighted by Gasteiger charge is -2.23. The van der Waals surface area contributed by atoms with Gasteiger partial charge in [0.15, 0.2) is 0 Å². The summed E-state index contributed by atoms with van der Waals surface area (Å²) in [6.07, 6.45) is 2.20. The number of nitriles is 1. The first-order valence-corrected chi connectivity index (χ1v) is 6.42. The van der Waals surface area contributed by atoms with Crippen molar-refractivity contribution in [2.75, 3.05) is 16.9 Å². The molecule has 3 N–H and O–H groups in total. The first-order chi connectivity index (χ1) is 9.83. The van der Waals surface area contributed by atoms with Crippen molar-refractivity contribution in [3.8, 4) is 6.07 Å². The van der Waals surface area contributed by atoms with Gasteiger partial charge in [0.2, 0.25) is 0 Å². The van der Waals surface area contributed by atoms with E-state index in [1.54, 1.807) is 6.20 Å². The number of nitrogens with two attached hydrogens (primary N) is 1. The van der Waals surface area contributed by atoms with Crippen LogP contribution in [0.2, 0.25) is 0 Å². The fourth-order valence-electron chi connectivity index (χ4n) is 1.97. The molecule has 2 rings (SSSR count). The lowest BCUT2D eigenvalue weighted by atomic mass is 10.2. The molecule has 0 saturated carbocycles. The van der Waals surface area contributed by atoms with Crippen molar-refractivity contribution in [1.82, 2.24) is 4.98 Å². The molecule has 1 heterocycles. The molecular formula is C15H17N5. The van der Waals surface area contributed by atoms with E-state index in [9.17, 15) is 0 Å². The Morgan fingerprint density at radius 1 is 1.25 bits per heavy atom. The van der Waals surface area contributed by atoms with E-state index in [4.69, 9.17) is 11.1 Å². The molecule has 0 fully saturated rings. The average Bonchev–Trinajstić information content (AvgIpc) is 2.52. The Morgan fingerprint density at radius 2 is 2.05 bits per heavy atom. The van der Waals surface area contributed by atoms with Gasteiger partial charge in [-0.25, -0.2) is 0 Å². The third kappa shape index (κ3) is 3.70. The maximum absolute atomic E-state index is 8.79. The molecule has 0 radical (unpaired) electrons. The molecule has 2 aromatic rings. The summed E-state index contributed by atoms with van der Waals surface area (Å²) in [4.78, 5) is 6.47. The van der Waals surface area contributed by atoms with Crippen LogP contribution in [0.5, 0.6) is 0 Å². The molecule has 0 unspecified atom stereocenters. The molecule has 0 atom stereocenters. The van der Waals surface area contributed by atoms with Gasteiger partial charge in [-0.1, -0.05) is 18.2 Å². The van der Waals surface area contributed by atoms with Gasteiger partial charge >= 0.3 is 0 Å². The largest absolute Gasteiger partial charge is 0.365 e. The predicted molar refractivity (Wildman–Crippen MR) is 79.8 cm³/mol. The maximum atomic E-state index is 8.79. The van der Waals surface area contributed by atoms with Gasteiger partial charge in [0.25, 0.3) is 0 Å². The molecule has 0 amide bonds. The van der Waals surface area contributed by atoms with Crippen molar-refractivity contribution in [2.45, 2.75) is 13.0 Å². The van der Waals surface area contributed by atoms with Crippen molar-refractivity contribution in [2.24, 2.45) is 5.84 Å². The summed E-state index contributed by atoms with van der Waals surface area (Å²) in [5, 5.41) is 8.79. The van der Waals surface area contributed by atoms with Gasteiger partial charge in [-0.15, -0.1) is 0 Å². The molecule has 20 heavy (non-hydrogen) atoms. The molecule has 0 aliphatic rings. The van der Waals surface area contributed by atoms with Crippen molar-refractivity contribution < 1.29 is 0 Å². The summed E-state index contributed by atoms with van der Waals surface area (Å²) in [5.74, 6) is 5.41. The Labute approximate surface area is 118 Å². The lowest BCUT2D eigenvalue weighted by molar-refractivity contribution is 0.781. The number of rotatable bonds is 6. The number of para-hydroxylation sites is 1. The number of nitrogens with one attached hydrogen (secondary N) is 1. The van der Waals surface area contributed by atoms with Gasteiger partial charge in [-0.3, -0.25) is 10.8 Å². The molecule has 1 aromatic carbocycles. The van der Waals surface area contributed by atoms with Crippen molar-refractivity contribution in [3.05, 3.63) is 54.4 Å². The van der Waals surface area contributed by atoms with Gasteiger partial charge < -0.3 is 10.3 Å². The Bertz CT molecular complexity index is 576.